The maximum Gasteiger partial charge on any atom is 0.263 e. The zero-order valence-corrected chi connectivity index (χ0v) is 8.49. The summed E-state index contributed by atoms with van der Waals surface area (Å²) in [6.45, 7) is 0.318. The Hall–Kier alpha value is -1.89. The van der Waals surface area contributed by atoms with E-state index in [-0.39, 0.29) is 5.56 Å². The van der Waals surface area contributed by atoms with Crippen LogP contribution in [0.1, 0.15) is 24.0 Å². The third-order valence-electron chi connectivity index (χ3n) is 1.74. The van der Waals surface area contributed by atoms with Gasteiger partial charge in [0.25, 0.3) is 6.43 Å². The number of alkyl halides is 2. The Labute approximate surface area is 92.9 Å². The van der Waals surface area contributed by atoms with Crippen LogP contribution in [-0.2, 0) is 4.84 Å². The van der Waals surface area contributed by atoms with Gasteiger partial charge in [0.15, 0.2) is 0 Å². The van der Waals surface area contributed by atoms with Gasteiger partial charge in [-0.05, 0) is 0 Å². The molecule has 0 amide bonds. The lowest BCUT2D eigenvalue weighted by Crippen LogP contribution is -1.89. The van der Waals surface area contributed by atoms with Crippen molar-refractivity contribution in [2.45, 2.75) is 12.8 Å². The lowest BCUT2D eigenvalue weighted by molar-refractivity contribution is 0.151. The zero-order valence-electron chi connectivity index (χ0n) is 8.49. The first-order valence-electron chi connectivity index (χ1n) is 4.63. The number of benzene rings is 1. The van der Waals surface area contributed by atoms with Crippen molar-refractivity contribution in [3.8, 4) is 12.3 Å². The largest absolute Gasteiger partial charge is 0.394 e. The van der Waals surface area contributed by atoms with Crippen LogP contribution in [0.5, 0.6) is 0 Å². The lowest BCUT2D eigenvalue weighted by Gasteiger charge is -1.98. The van der Waals surface area contributed by atoms with E-state index in [2.05, 4.69) is 17.3 Å². The number of halogens is 2. The van der Waals surface area contributed by atoms with Crippen molar-refractivity contribution in [2.75, 3.05) is 6.61 Å². The molecule has 1 aromatic carbocycles. The molecule has 0 aromatic heterocycles. The minimum Gasteiger partial charge on any atom is -0.394 e. The van der Waals surface area contributed by atoms with E-state index in [9.17, 15) is 8.78 Å². The first kappa shape index (κ1) is 12.2. The average Bonchev–Trinajstić information content (AvgIpc) is 2.29. The van der Waals surface area contributed by atoms with E-state index in [1.807, 2.05) is 0 Å². The Balaban J connectivity index is 2.46. The summed E-state index contributed by atoms with van der Waals surface area (Å²) in [7, 11) is 0. The van der Waals surface area contributed by atoms with Crippen LogP contribution in [0.4, 0.5) is 8.78 Å². The van der Waals surface area contributed by atoms with Crippen LogP contribution < -0.4 is 0 Å². The molecule has 0 aliphatic rings. The average molecular weight is 222 g/mol. The van der Waals surface area contributed by atoms with E-state index in [0.29, 0.717) is 18.6 Å². The number of hydrogen-bond acceptors (Lipinski definition) is 2. The van der Waals surface area contributed by atoms with Crippen LogP contribution in [0.3, 0.4) is 0 Å². The molecule has 0 aliphatic carbocycles. The fourth-order valence-corrected chi connectivity index (χ4v) is 0.938. The monoisotopic (exact) mass is 222 g/mol. The minimum absolute atomic E-state index is 0.0289. The molecule has 0 aliphatic heterocycles. The summed E-state index contributed by atoms with van der Waals surface area (Å²) in [4.78, 5) is 4.78. The fraction of sp³-hybridized carbons (Fsp3) is 0.250. The molecule has 0 bridgehead atoms. The number of rotatable bonds is 5. The standard InChI is InChI=1S/C12H10F2NO/c1-2-3-8-16-15-9-10-4-6-11(7-5-10)12(13)14/h1,4-7,12H,3,8H2. The van der Waals surface area contributed by atoms with Gasteiger partial charge in [-0.1, -0.05) is 29.4 Å². The molecule has 1 rings (SSSR count). The summed E-state index contributed by atoms with van der Waals surface area (Å²) >= 11 is 0. The maximum absolute atomic E-state index is 12.2. The van der Waals surface area contributed by atoms with E-state index in [1.165, 1.54) is 24.3 Å². The van der Waals surface area contributed by atoms with Crippen molar-refractivity contribution < 1.29 is 13.6 Å². The minimum atomic E-state index is -2.46. The molecule has 0 spiro atoms. The van der Waals surface area contributed by atoms with Crippen LogP contribution >= 0.6 is 0 Å². The summed E-state index contributed by atoms with van der Waals surface area (Å²) in [6.07, 6.45) is 5.57. The van der Waals surface area contributed by atoms with Gasteiger partial charge in [-0.25, -0.2) is 8.78 Å². The smallest absolute Gasteiger partial charge is 0.263 e. The molecule has 4 heteroatoms. The highest BCUT2D eigenvalue weighted by Crippen LogP contribution is 2.18. The summed E-state index contributed by atoms with van der Waals surface area (Å²) < 4.78 is 24.4. The van der Waals surface area contributed by atoms with Gasteiger partial charge in [0, 0.05) is 17.5 Å². The summed E-state index contributed by atoms with van der Waals surface area (Å²) in [5.41, 5.74) is 0.545. The number of hydrogen-bond donors (Lipinski definition) is 0. The second kappa shape index (κ2) is 6.57. The molecule has 83 valence electrons. The van der Waals surface area contributed by atoms with E-state index in [1.54, 1.807) is 0 Å². The molecule has 0 N–H and O–H groups in total. The van der Waals surface area contributed by atoms with Crippen LogP contribution in [0.2, 0.25) is 0 Å². The highest BCUT2D eigenvalue weighted by atomic mass is 19.3. The van der Waals surface area contributed by atoms with Crippen molar-refractivity contribution in [1.29, 1.82) is 0 Å². The first-order chi connectivity index (χ1) is 7.74. The van der Waals surface area contributed by atoms with Gasteiger partial charge in [-0.15, -0.1) is 12.3 Å². The first-order valence-corrected chi connectivity index (χ1v) is 4.63. The van der Waals surface area contributed by atoms with Gasteiger partial charge in [-0.2, -0.15) is 0 Å². The third kappa shape index (κ3) is 4.09. The molecule has 1 aromatic rings. The second-order valence-electron chi connectivity index (χ2n) is 2.91. The van der Waals surface area contributed by atoms with Crippen molar-refractivity contribution >= 4 is 6.21 Å². The molecule has 0 unspecified atom stereocenters. The molecule has 1 radical (unpaired) electrons. The van der Waals surface area contributed by atoms with E-state index >= 15 is 0 Å². The van der Waals surface area contributed by atoms with Gasteiger partial charge in [0.2, 0.25) is 0 Å². The molecule has 2 nitrogen and oxygen atoms in total. The maximum atomic E-state index is 12.2. The van der Waals surface area contributed by atoms with Gasteiger partial charge in [0.05, 0.1) is 0 Å². The Kier molecular flexibility index (Phi) is 5.00. The molecule has 0 heterocycles. The topological polar surface area (TPSA) is 21.6 Å². The second-order valence-corrected chi connectivity index (χ2v) is 2.91. The Morgan fingerprint density at radius 2 is 2.00 bits per heavy atom. The molecule has 16 heavy (non-hydrogen) atoms. The van der Waals surface area contributed by atoms with Crippen molar-refractivity contribution in [3.63, 3.8) is 0 Å². The molecule has 0 fully saturated rings. The van der Waals surface area contributed by atoms with E-state index < -0.39 is 6.43 Å². The predicted octanol–water partition coefficient (Wildman–Crippen LogP) is 2.88. The van der Waals surface area contributed by atoms with Crippen LogP contribution in [0, 0.1) is 12.3 Å². The normalized spacial score (nSPS) is 10.6. The van der Waals surface area contributed by atoms with Gasteiger partial charge >= 0.3 is 0 Å². The van der Waals surface area contributed by atoms with Gasteiger partial charge < -0.3 is 4.84 Å². The van der Waals surface area contributed by atoms with Crippen LogP contribution in [0.15, 0.2) is 29.4 Å². The molecule has 0 saturated carbocycles. The summed E-state index contributed by atoms with van der Waals surface area (Å²) in [5, 5.41) is 3.52. The van der Waals surface area contributed by atoms with Gasteiger partial charge in [-0.3, -0.25) is 0 Å². The van der Waals surface area contributed by atoms with Crippen LogP contribution in [0.25, 0.3) is 0 Å². The molecule has 0 atom stereocenters. The Morgan fingerprint density at radius 3 is 2.56 bits per heavy atom. The van der Waals surface area contributed by atoms with E-state index in [4.69, 9.17) is 11.3 Å². The SMILES string of the molecule is C#CCCON=[C]c1ccc(C(F)F)cc1. The zero-order chi connectivity index (χ0) is 11.8. The fourth-order valence-electron chi connectivity index (χ4n) is 0.938. The highest BCUT2D eigenvalue weighted by molar-refractivity contribution is 5.79. The Morgan fingerprint density at radius 1 is 1.31 bits per heavy atom. The molecular formula is C12H10F2NO. The quantitative estimate of drug-likeness (QED) is 0.325. The molecular weight excluding hydrogens is 212 g/mol. The van der Waals surface area contributed by atoms with Crippen molar-refractivity contribution in [2.24, 2.45) is 5.16 Å². The number of terminal acetylenes is 1. The van der Waals surface area contributed by atoms with Crippen molar-refractivity contribution in [1.82, 2.24) is 0 Å². The Bertz CT molecular complexity index is 379. The van der Waals surface area contributed by atoms with Gasteiger partial charge in [0.1, 0.15) is 12.8 Å². The summed E-state index contributed by atoms with van der Waals surface area (Å²) in [5.74, 6) is 2.39. The lowest BCUT2D eigenvalue weighted by atomic mass is 10.1. The predicted molar refractivity (Wildman–Crippen MR) is 57.3 cm³/mol. The molecule has 0 saturated heterocycles. The third-order valence-corrected chi connectivity index (χ3v) is 1.74. The summed E-state index contributed by atoms with van der Waals surface area (Å²) in [6, 6.07) is 5.64. The van der Waals surface area contributed by atoms with E-state index in [0.717, 1.165) is 0 Å². The highest BCUT2D eigenvalue weighted by Gasteiger charge is 2.04. The van der Waals surface area contributed by atoms with Crippen molar-refractivity contribution in [3.05, 3.63) is 35.4 Å². The van der Waals surface area contributed by atoms with Crippen LogP contribution in [-0.4, -0.2) is 12.8 Å². The number of nitrogens with zero attached hydrogens (tertiary/aromatic N) is 1.